The van der Waals surface area contributed by atoms with Crippen LogP contribution in [0.4, 0.5) is 0 Å². The average molecular weight is 345 g/mol. The van der Waals surface area contributed by atoms with Gasteiger partial charge in [-0.15, -0.1) is 11.6 Å². The van der Waals surface area contributed by atoms with Gasteiger partial charge in [-0.25, -0.2) is 4.98 Å². The molecule has 0 atom stereocenters. The van der Waals surface area contributed by atoms with Gasteiger partial charge < -0.3 is 10.3 Å². The second kappa shape index (κ2) is 5.13. The Kier molecular flexibility index (Phi) is 3.87. The minimum absolute atomic E-state index is 0.400. The van der Waals surface area contributed by atoms with E-state index in [0.29, 0.717) is 12.3 Å². The second-order valence-electron chi connectivity index (χ2n) is 4.86. The van der Waals surface area contributed by atoms with E-state index in [9.17, 15) is 4.79 Å². The van der Waals surface area contributed by atoms with Crippen LogP contribution in [0.3, 0.4) is 0 Å². The van der Waals surface area contributed by atoms with Crippen LogP contribution < -0.4 is 5.73 Å². The van der Waals surface area contributed by atoms with Crippen molar-refractivity contribution < 1.29 is 4.79 Å². The number of hydrogen-bond acceptors (Lipinski definition) is 2. The van der Waals surface area contributed by atoms with Crippen molar-refractivity contribution in [2.24, 2.45) is 5.73 Å². The van der Waals surface area contributed by atoms with Gasteiger partial charge in [0.2, 0.25) is 5.91 Å². The quantitative estimate of drug-likeness (QED) is 0.867. The third kappa shape index (κ3) is 2.49. The summed E-state index contributed by atoms with van der Waals surface area (Å²) >= 11 is 9.25. The van der Waals surface area contributed by atoms with Crippen molar-refractivity contribution in [2.45, 2.75) is 25.8 Å². The Balaban J connectivity index is 2.77. The van der Waals surface area contributed by atoms with Crippen molar-refractivity contribution in [1.82, 2.24) is 9.55 Å². The summed E-state index contributed by atoms with van der Waals surface area (Å²) in [5.74, 6) is 0.814. The van der Waals surface area contributed by atoms with E-state index in [2.05, 4.69) is 20.9 Å². The minimum atomic E-state index is -0.850. The number of carbonyl (C=O) groups excluding carboxylic acids is 1. The first-order chi connectivity index (χ1) is 8.87. The first kappa shape index (κ1) is 14.3. The number of primary amides is 1. The topological polar surface area (TPSA) is 60.9 Å². The van der Waals surface area contributed by atoms with Crippen LogP contribution in [0.15, 0.2) is 22.7 Å². The van der Waals surface area contributed by atoms with Gasteiger partial charge >= 0.3 is 0 Å². The molecule has 0 aliphatic carbocycles. The van der Waals surface area contributed by atoms with Crippen LogP contribution in [0.1, 0.15) is 19.7 Å². The number of fused-ring (bicyclic) bond motifs is 1. The molecule has 0 spiro atoms. The van der Waals surface area contributed by atoms with E-state index in [-0.39, 0.29) is 0 Å². The fourth-order valence-corrected chi connectivity index (χ4v) is 2.60. The third-order valence-corrected chi connectivity index (χ3v) is 3.85. The van der Waals surface area contributed by atoms with Gasteiger partial charge in [0.15, 0.2) is 0 Å². The first-order valence-corrected chi connectivity index (χ1v) is 7.24. The van der Waals surface area contributed by atoms with E-state index >= 15 is 0 Å². The highest BCUT2D eigenvalue weighted by molar-refractivity contribution is 9.10. The summed E-state index contributed by atoms with van der Waals surface area (Å²) in [6, 6.07) is 5.76. The molecule has 19 heavy (non-hydrogen) atoms. The van der Waals surface area contributed by atoms with E-state index in [1.165, 1.54) is 0 Å². The zero-order valence-electron chi connectivity index (χ0n) is 10.8. The number of imidazole rings is 1. The lowest BCUT2D eigenvalue weighted by Gasteiger charge is -2.25. The molecule has 1 heterocycles. The standard InChI is InChI=1S/C13H15BrClN3O/c1-13(2,12(16)19)18-10-7-8(14)3-4-9(10)17-11(18)5-6-15/h3-4,7H,5-6H2,1-2H3,(H2,16,19). The van der Waals surface area contributed by atoms with Crippen LogP contribution in [-0.4, -0.2) is 21.3 Å². The number of nitrogens with zero attached hydrogens (tertiary/aromatic N) is 2. The van der Waals surface area contributed by atoms with Crippen LogP contribution >= 0.6 is 27.5 Å². The van der Waals surface area contributed by atoms with Crippen molar-refractivity contribution in [1.29, 1.82) is 0 Å². The van der Waals surface area contributed by atoms with E-state index in [1.807, 2.05) is 22.8 Å². The largest absolute Gasteiger partial charge is 0.368 e. The summed E-state index contributed by atoms with van der Waals surface area (Å²) in [4.78, 5) is 16.3. The second-order valence-corrected chi connectivity index (χ2v) is 6.15. The number of rotatable bonds is 4. The molecule has 0 saturated heterocycles. The lowest BCUT2D eigenvalue weighted by molar-refractivity contribution is -0.125. The number of benzene rings is 1. The van der Waals surface area contributed by atoms with Crippen molar-refractivity contribution >= 4 is 44.5 Å². The molecular weight excluding hydrogens is 330 g/mol. The highest BCUT2D eigenvalue weighted by Gasteiger charge is 2.31. The lowest BCUT2D eigenvalue weighted by atomic mass is 10.0. The van der Waals surface area contributed by atoms with Crippen molar-refractivity contribution in [3.05, 3.63) is 28.5 Å². The number of nitrogens with two attached hydrogens (primary N) is 1. The normalized spacial score (nSPS) is 12.0. The molecule has 0 radical (unpaired) electrons. The van der Waals surface area contributed by atoms with E-state index in [0.717, 1.165) is 21.3 Å². The summed E-state index contributed by atoms with van der Waals surface area (Å²) in [5, 5.41) is 0. The number of hydrogen-bond donors (Lipinski definition) is 1. The summed E-state index contributed by atoms with van der Waals surface area (Å²) in [6.07, 6.45) is 0.588. The zero-order chi connectivity index (χ0) is 14.2. The molecular formula is C13H15BrClN3O. The first-order valence-electron chi connectivity index (χ1n) is 5.91. The van der Waals surface area contributed by atoms with Gasteiger partial charge in [-0.2, -0.15) is 0 Å². The van der Waals surface area contributed by atoms with Gasteiger partial charge in [-0.3, -0.25) is 4.79 Å². The molecule has 4 nitrogen and oxygen atoms in total. The molecule has 102 valence electrons. The number of halogens is 2. The maximum atomic E-state index is 11.7. The Hall–Kier alpha value is -1.07. The number of carbonyl (C=O) groups is 1. The Morgan fingerprint density at radius 1 is 1.53 bits per heavy atom. The minimum Gasteiger partial charge on any atom is -0.368 e. The van der Waals surface area contributed by atoms with Gasteiger partial charge in [0.05, 0.1) is 11.0 Å². The molecule has 1 aromatic heterocycles. The van der Waals surface area contributed by atoms with Gasteiger partial charge in [-0.1, -0.05) is 15.9 Å². The molecule has 0 bridgehead atoms. The van der Waals surface area contributed by atoms with E-state index in [1.54, 1.807) is 13.8 Å². The number of aryl methyl sites for hydroxylation is 1. The molecule has 2 aromatic rings. The molecule has 2 N–H and O–H groups in total. The van der Waals surface area contributed by atoms with Crippen LogP contribution in [0.25, 0.3) is 11.0 Å². The van der Waals surface area contributed by atoms with Crippen molar-refractivity contribution in [3.63, 3.8) is 0 Å². The van der Waals surface area contributed by atoms with Crippen LogP contribution in [0.2, 0.25) is 0 Å². The molecule has 0 aliphatic rings. The summed E-state index contributed by atoms with van der Waals surface area (Å²) in [5.41, 5.74) is 6.38. The van der Waals surface area contributed by atoms with Gasteiger partial charge in [-0.05, 0) is 32.0 Å². The molecule has 1 amide bonds. The lowest BCUT2D eigenvalue weighted by Crippen LogP contribution is -2.42. The Morgan fingerprint density at radius 3 is 2.79 bits per heavy atom. The summed E-state index contributed by atoms with van der Waals surface area (Å²) in [7, 11) is 0. The SMILES string of the molecule is CC(C)(C(N)=O)n1c(CCCl)nc2ccc(Br)cc21. The Bertz CT molecular complexity index is 636. The van der Waals surface area contributed by atoms with E-state index < -0.39 is 11.4 Å². The molecule has 6 heteroatoms. The molecule has 2 rings (SSSR count). The molecule has 0 saturated carbocycles. The Labute approximate surface area is 125 Å². The smallest absolute Gasteiger partial charge is 0.243 e. The molecule has 1 aromatic carbocycles. The average Bonchev–Trinajstić information content (AvgIpc) is 2.67. The predicted octanol–water partition coefficient (Wildman–Crippen LogP) is 2.80. The van der Waals surface area contributed by atoms with E-state index in [4.69, 9.17) is 17.3 Å². The molecule has 0 unspecified atom stereocenters. The predicted molar refractivity (Wildman–Crippen MR) is 80.4 cm³/mol. The van der Waals surface area contributed by atoms with Gasteiger partial charge in [0, 0.05) is 16.8 Å². The van der Waals surface area contributed by atoms with Crippen molar-refractivity contribution in [3.8, 4) is 0 Å². The van der Waals surface area contributed by atoms with Crippen LogP contribution in [0.5, 0.6) is 0 Å². The highest BCUT2D eigenvalue weighted by Crippen LogP contribution is 2.28. The maximum Gasteiger partial charge on any atom is 0.243 e. The third-order valence-electron chi connectivity index (χ3n) is 3.17. The monoisotopic (exact) mass is 343 g/mol. The number of aromatic nitrogens is 2. The summed E-state index contributed by atoms with van der Waals surface area (Å²) in [6.45, 7) is 3.57. The highest BCUT2D eigenvalue weighted by atomic mass is 79.9. The fraction of sp³-hybridized carbons (Fsp3) is 0.385. The van der Waals surface area contributed by atoms with Crippen LogP contribution in [0, 0.1) is 0 Å². The number of amides is 1. The Morgan fingerprint density at radius 2 is 2.21 bits per heavy atom. The zero-order valence-corrected chi connectivity index (χ0v) is 13.1. The molecule has 0 aliphatic heterocycles. The molecule has 0 fully saturated rings. The van der Waals surface area contributed by atoms with Gasteiger partial charge in [0.25, 0.3) is 0 Å². The van der Waals surface area contributed by atoms with Gasteiger partial charge in [0.1, 0.15) is 11.4 Å². The fourth-order valence-electron chi connectivity index (χ4n) is 2.08. The maximum absolute atomic E-state index is 11.7. The summed E-state index contributed by atoms with van der Waals surface area (Å²) < 4.78 is 2.80. The number of alkyl halides is 1. The van der Waals surface area contributed by atoms with Crippen molar-refractivity contribution in [2.75, 3.05) is 5.88 Å². The van der Waals surface area contributed by atoms with Crippen LogP contribution in [-0.2, 0) is 16.8 Å².